The van der Waals surface area contributed by atoms with Gasteiger partial charge >= 0.3 is 0 Å². The largest absolute Gasteiger partial charge is 0.456 e. The maximum Gasteiger partial charge on any atom is 0.147 e. The lowest BCUT2D eigenvalue weighted by Crippen LogP contribution is -1.93. The van der Waals surface area contributed by atoms with Gasteiger partial charge in [0.05, 0.1) is 5.39 Å². The van der Waals surface area contributed by atoms with Gasteiger partial charge < -0.3 is 8.83 Å². The van der Waals surface area contributed by atoms with Crippen LogP contribution in [-0.4, -0.2) is 0 Å². The highest BCUT2D eigenvalue weighted by atomic mass is 16.3. The number of furan rings is 2. The Kier molecular flexibility index (Phi) is 5.91. The van der Waals surface area contributed by atoms with Crippen LogP contribution in [0.15, 0.2) is 179 Å². The number of rotatable bonds is 4. The van der Waals surface area contributed by atoms with E-state index in [-0.39, 0.29) is 0 Å². The second-order valence-electron chi connectivity index (χ2n) is 12.4. The maximum atomic E-state index is 6.70. The minimum atomic E-state index is 0.807. The molecule has 0 atom stereocenters. The summed E-state index contributed by atoms with van der Waals surface area (Å²) in [6.07, 6.45) is 0. The molecule has 10 aromatic rings. The lowest BCUT2D eigenvalue weighted by Gasteiger charge is -2.20. The predicted molar refractivity (Wildman–Crippen MR) is 200 cm³/mol. The van der Waals surface area contributed by atoms with E-state index >= 15 is 0 Å². The first-order valence-corrected chi connectivity index (χ1v) is 16.4. The van der Waals surface area contributed by atoms with E-state index in [4.69, 9.17) is 8.83 Å². The monoisotopic (exact) mass is 612 g/mol. The van der Waals surface area contributed by atoms with Gasteiger partial charge in [-0.2, -0.15) is 0 Å². The summed E-state index contributed by atoms with van der Waals surface area (Å²) in [6, 6.07) is 60.1. The van der Waals surface area contributed by atoms with Gasteiger partial charge in [-0.3, -0.25) is 0 Å². The molecule has 0 radical (unpaired) electrons. The lowest BCUT2D eigenvalue weighted by molar-refractivity contribution is 0.631. The molecule has 0 saturated heterocycles. The summed E-state index contributed by atoms with van der Waals surface area (Å²) in [4.78, 5) is 0. The summed E-state index contributed by atoms with van der Waals surface area (Å²) >= 11 is 0. The number of benzene rings is 8. The average molecular weight is 613 g/mol. The second kappa shape index (κ2) is 10.6. The molecule has 0 saturated carbocycles. The zero-order valence-electron chi connectivity index (χ0n) is 26.0. The predicted octanol–water partition coefficient (Wildman–Crippen LogP) is 13.3. The highest BCUT2D eigenvalue weighted by Gasteiger charge is 2.24. The van der Waals surface area contributed by atoms with E-state index in [1.54, 1.807) is 0 Å². The lowest BCUT2D eigenvalue weighted by atomic mass is 9.83. The Balaban J connectivity index is 1.36. The zero-order chi connectivity index (χ0) is 31.6. The highest BCUT2D eigenvalue weighted by Crippen LogP contribution is 2.50. The van der Waals surface area contributed by atoms with Crippen molar-refractivity contribution in [1.29, 1.82) is 0 Å². The molecule has 0 bridgehead atoms. The molecule has 0 amide bonds. The third-order valence-electron chi connectivity index (χ3n) is 9.69. The molecule has 0 unspecified atom stereocenters. The van der Waals surface area contributed by atoms with Crippen molar-refractivity contribution < 1.29 is 8.83 Å². The topological polar surface area (TPSA) is 26.3 Å². The molecule has 224 valence electrons. The Bertz CT molecular complexity index is 2760. The van der Waals surface area contributed by atoms with Crippen molar-refractivity contribution in [2.75, 3.05) is 0 Å². The summed E-state index contributed by atoms with van der Waals surface area (Å²) in [6.45, 7) is 0. The first-order chi connectivity index (χ1) is 23.8. The molecular weight excluding hydrogens is 585 g/mol. The molecule has 0 aliphatic rings. The van der Waals surface area contributed by atoms with Gasteiger partial charge in [0.15, 0.2) is 0 Å². The molecule has 8 aromatic carbocycles. The van der Waals surface area contributed by atoms with Crippen molar-refractivity contribution in [3.8, 4) is 44.7 Å². The Morgan fingerprint density at radius 2 is 0.812 bits per heavy atom. The van der Waals surface area contributed by atoms with Crippen LogP contribution < -0.4 is 0 Å². The fourth-order valence-electron chi connectivity index (χ4n) is 7.62. The van der Waals surface area contributed by atoms with E-state index in [0.29, 0.717) is 0 Å². The summed E-state index contributed by atoms with van der Waals surface area (Å²) in [7, 11) is 0. The van der Waals surface area contributed by atoms with Crippen LogP contribution in [0, 0.1) is 0 Å². The molecule has 0 aliphatic carbocycles. The van der Waals surface area contributed by atoms with Gasteiger partial charge in [-0.05, 0) is 73.1 Å². The molecule has 2 heterocycles. The molecule has 0 spiro atoms. The van der Waals surface area contributed by atoms with Crippen molar-refractivity contribution in [3.63, 3.8) is 0 Å². The van der Waals surface area contributed by atoms with Crippen molar-refractivity contribution in [3.05, 3.63) is 170 Å². The number of fused-ring (bicyclic) bond motifs is 7. The second-order valence-corrected chi connectivity index (χ2v) is 12.4. The fourth-order valence-corrected chi connectivity index (χ4v) is 7.62. The Labute approximate surface area is 277 Å². The van der Waals surface area contributed by atoms with Crippen LogP contribution in [0.1, 0.15) is 0 Å². The van der Waals surface area contributed by atoms with Gasteiger partial charge in [-0.25, -0.2) is 0 Å². The zero-order valence-corrected chi connectivity index (χ0v) is 26.0. The van der Waals surface area contributed by atoms with Gasteiger partial charge in [0.25, 0.3) is 0 Å². The highest BCUT2D eigenvalue weighted by molar-refractivity contribution is 6.28. The van der Waals surface area contributed by atoms with E-state index in [2.05, 4.69) is 146 Å². The van der Waals surface area contributed by atoms with Gasteiger partial charge in [-0.15, -0.1) is 0 Å². The standard InChI is InChI=1S/C46H28O2/c1-3-15-29(16-4-1)31-19-7-8-20-32(31)43-33-21-9-11-23-35(33)44(36-24-12-10-22-34(36)43)39-28-42-38(27-41(47-42)30-17-5-2-6-18-30)46-45(39)37-25-13-14-26-40(37)48-46/h1-28H. The quantitative estimate of drug-likeness (QED) is 0.185. The smallest absolute Gasteiger partial charge is 0.147 e. The molecular formula is C46H28O2. The minimum absolute atomic E-state index is 0.807. The molecule has 0 aliphatic heterocycles. The van der Waals surface area contributed by atoms with E-state index in [0.717, 1.165) is 49.8 Å². The summed E-state index contributed by atoms with van der Waals surface area (Å²) < 4.78 is 13.3. The summed E-state index contributed by atoms with van der Waals surface area (Å²) in [5.74, 6) is 0.826. The molecule has 2 aromatic heterocycles. The summed E-state index contributed by atoms with van der Waals surface area (Å²) in [5, 5.41) is 7.97. The van der Waals surface area contributed by atoms with Crippen LogP contribution in [0.25, 0.3) is 99.2 Å². The Morgan fingerprint density at radius 1 is 0.312 bits per heavy atom. The SMILES string of the molecule is c1ccc(-c2cc3c(cc(-c4c5ccccc5c(-c5ccccc5-c5ccccc5)c5ccccc45)c4c5ccccc5oc34)o2)cc1. The van der Waals surface area contributed by atoms with E-state index in [1.165, 1.54) is 49.4 Å². The molecule has 0 fully saturated rings. The number of para-hydroxylation sites is 1. The van der Waals surface area contributed by atoms with Crippen molar-refractivity contribution in [1.82, 2.24) is 0 Å². The van der Waals surface area contributed by atoms with Crippen LogP contribution in [0.5, 0.6) is 0 Å². The first-order valence-electron chi connectivity index (χ1n) is 16.4. The Morgan fingerprint density at radius 3 is 1.46 bits per heavy atom. The number of hydrogen-bond donors (Lipinski definition) is 0. The average Bonchev–Trinajstić information content (AvgIpc) is 3.77. The molecule has 2 nitrogen and oxygen atoms in total. The van der Waals surface area contributed by atoms with Crippen LogP contribution >= 0.6 is 0 Å². The van der Waals surface area contributed by atoms with Gasteiger partial charge in [0.1, 0.15) is 22.5 Å². The van der Waals surface area contributed by atoms with Gasteiger partial charge in [0, 0.05) is 16.3 Å². The van der Waals surface area contributed by atoms with Crippen LogP contribution in [0.2, 0.25) is 0 Å². The third-order valence-corrected chi connectivity index (χ3v) is 9.69. The van der Waals surface area contributed by atoms with Gasteiger partial charge in [-0.1, -0.05) is 152 Å². The van der Waals surface area contributed by atoms with Crippen LogP contribution in [0.3, 0.4) is 0 Å². The van der Waals surface area contributed by atoms with Crippen LogP contribution in [0.4, 0.5) is 0 Å². The molecule has 2 heteroatoms. The molecule has 0 N–H and O–H groups in total. The molecule has 10 rings (SSSR count). The third kappa shape index (κ3) is 4.00. The normalized spacial score (nSPS) is 11.8. The maximum absolute atomic E-state index is 6.70. The van der Waals surface area contributed by atoms with Crippen molar-refractivity contribution >= 4 is 54.5 Å². The van der Waals surface area contributed by atoms with E-state index < -0.39 is 0 Å². The fraction of sp³-hybridized carbons (Fsp3) is 0. The number of hydrogen-bond acceptors (Lipinski definition) is 2. The molecule has 48 heavy (non-hydrogen) atoms. The van der Waals surface area contributed by atoms with Crippen LogP contribution in [-0.2, 0) is 0 Å². The minimum Gasteiger partial charge on any atom is -0.456 e. The Hall–Kier alpha value is -6.38. The van der Waals surface area contributed by atoms with Crippen molar-refractivity contribution in [2.45, 2.75) is 0 Å². The first kappa shape index (κ1) is 26.8. The van der Waals surface area contributed by atoms with E-state index in [9.17, 15) is 0 Å². The van der Waals surface area contributed by atoms with Crippen molar-refractivity contribution in [2.24, 2.45) is 0 Å². The van der Waals surface area contributed by atoms with Gasteiger partial charge in [0.2, 0.25) is 0 Å². The van der Waals surface area contributed by atoms with E-state index in [1.807, 2.05) is 24.3 Å². The summed E-state index contributed by atoms with van der Waals surface area (Å²) in [5.41, 5.74) is 10.7.